The van der Waals surface area contributed by atoms with Gasteiger partial charge in [0, 0.05) is 22.3 Å². The first-order chi connectivity index (χ1) is 19.6. The number of nitro benzene ring substituents is 1. The Morgan fingerprint density at radius 2 is 1.88 bits per heavy atom. The van der Waals surface area contributed by atoms with Gasteiger partial charge in [-0.15, -0.1) is 0 Å². The number of carbonyl (C=O) groups excluding carboxylic acids is 1. The Balaban J connectivity index is 0.000000314. The van der Waals surface area contributed by atoms with Crippen LogP contribution in [0.5, 0.6) is 0 Å². The van der Waals surface area contributed by atoms with Crippen LogP contribution in [-0.2, 0) is 14.3 Å². The van der Waals surface area contributed by atoms with Crippen molar-refractivity contribution in [3.05, 3.63) is 60.2 Å². The number of aliphatic hydroxyl groups excluding tert-OH is 6. The lowest BCUT2D eigenvalue weighted by Crippen LogP contribution is -2.41. The predicted molar refractivity (Wildman–Crippen MR) is 154 cm³/mol. The van der Waals surface area contributed by atoms with E-state index in [0.717, 1.165) is 4.57 Å². The molecule has 1 saturated heterocycles. The number of aliphatic hydroxyl groups is 6. The summed E-state index contributed by atoms with van der Waals surface area (Å²) >= 11 is 1.95. The number of hydrogen-bond acceptors (Lipinski definition) is 14. The van der Waals surface area contributed by atoms with Crippen LogP contribution < -0.4 is 11.4 Å². The zero-order valence-corrected chi connectivity index (χ0v) is 25.1. The van der Waals surface area contributed by atoms with Crippen molar-refractivity contribution in [2.24, 2.45) is 5.92 Å². The summed E-state index contributed by atoms with van der Waals surface area (Å²) in [6, 6.07) is 5.98. The Kier molecular flexibility index (Phi) is 13.3. The number of aromatic nitrogens is 2. The highest BCUT2D eigenvalue weighted by Crippen LogP contribution is 2.35. The van der Waals surface area contributed by atoms with E-state index < -0.39 is 66.4 Å². The zero-order chi connectivity index (χ0) is 31.9. The van der Waals surface area contributed by atoms with E-state index in [-0.39, 0.29) is 35.2 Å². The molecule has 8 N–H and O–H groups in total. The van der Waals surface area contributed by atoms with Crippen LogP contribution in [0.25, 0.3) is 0 Å². The van der Waals surface area contributed by atoms with Crippen molar-refractivity contribution in [3.8, 4) is 0 Å². The van der Waals surface area contributed by atoms with E-state index in [1.54, 1.807) is 19.9 Å². The number of anilines is 1. The first-order valence-electron chi connectivity index (χ1n) is 12.7. The van der Waals surface area contributed by atoms with Gasteiger partial charge in [-0.05, 0) is 53.6 Å². The van der Waals surface area contributed by atoms with Crippen molar-refractivity contribution < 1.29 is 49.8 Å². The maximum Gasteiger partial charge on any atom is 0.351 e. The maximum absolute atomic E-state index is 11.5. The first-order valence-corrected chi connectivity index (χ1v) is 13.8. The minimum atomic E-state index is -1.80. The number of carbonyl (C=O) groups is 1. The number of benzene rings is 1. The van der Waals surface area contributed by atoms with E-state index in [2.05, 4.69) is 4.98 Å². The van der Waals surface area contributed by atoms with Crippen LogP contribution in [0.4, 0.5) is 11.5 Å². The van der Waals surface area contributed by atoms with Gasteiger partial charge in [0.25, 0.3) is 5.69 Å². The highest BCUT2D eigenvalue weighted by atomic mass is 127. The molecule has 0 aliphatic carbocycles. The van der Waals surface area contributed by atoms with E-state index in [0.29, 0.717) is 3.57 Å². The van der Waals surface area contributed by atoms with Gasteiger partial charge in [0.1, 0.15) is 36.0 Å². The SMILES string of the molecule is CC(=O)CC(O)C(O)C(O)OC(c1ccc(I)cc1[N+](=O)[O-])C(C)C.Nc1ccn([C@@H]2O[C@H](CO)[C@@H](O)[C@H]2O)c(=O)n1. The zero-order valence-electron chi connectivity index (χ0n) is 22.9. The van der Waals surface area contributed by atoms with Crippen LogP contribution in [0.2, 0.25) is 0 Å². The highest BCUT2D eigenvalue weighted by molar-refractivity contribution is 14.1. The number of nitrogens with zero attached hydrogens (tertiary/aromatic N) is 3. The van der Waals surface area contributed by atoms with Crippen molar-refractivity contribution in [3.63, 3.8) is 0 Å². The standard InChI is InChI=1S/C16H22INO7.C9H13N3O5/c1-8(2)15(11-5-4-10(17)7-12(11)18(23)24)25-16(22)14(21)13(20)6-9(3)19;10-5-1-2-12(9(16)11-5)8-7(15)6(14)4(3-13)17-8/h4-5,7-8,13-16,20-22H,6H2,1-3H3;1-2,4,6-8,13-15H,3H2,(H2,10,11,16)/t;4-,6-,7-,8-/m.1/s1. The molecule has 0 radical (unpaired) electrons. The van der Waals surface area contributed by atoms with Crippen LogP contribution in [0, 0.1) is 19.6 Å². The Hall–Kier alpha value is -2.62. The Morgan fingerprint density at radius 1 is 1.24 bits per heavy atom. The molecule has 234 valence electrons. The third kappa shape index (κ3) is 9.19. The molecule has 1 aromatic heterocycles. The number of halogens is 1. The normalized spacial score (nSPS) is 23.0. The fraction of sp³-hybridized carbons (Fsp3) is 0.560. The van der Waals surface area contributed by atoms with Gasteiger partial charge in [-0.3, -0.25) is 19.5 Å². The van der Waals surface area contributed by atoms with Crippen molar-refractivity contribution in [2.45, 2.75) is 76.3 Å². The van der Waals surface area contributed by atoms with Crippen molar-refractivity contribution in [1.29, 1.82) is 0 Å². The summed E-state index contributed by atoms with van der Waals surface area (Å²) in [5.74, 6) is -0.559. The summed E-state index contributed by atoms with van der Waals surface area (Å²) in [5.41, 5.74) is 4.73. The molecule has 1 aromatic carbocycles. The Morgan fingerprint density at radius 3 is 2.38 bits per heavy atom. The third-order valence-electron chi connectivity index (χ3n) is 6.21. The molecule has 17 heteroatoms. The number of Topliss-reactive ketones (excluding diaryl/α,β-unsaturated/α-hetero) is 1. The molecular formula is C25H35IN4O12. The number of nitrogen functional groups attached to an aromatic ring is 1. The number of nitro groups is 1. The van der Waals surface area contributed by atoms with Crippen LogP contribution >= 0.6 is 22.6 Å². The highest BCUT2D eigenvalue weighted by Gasteiger charge is 2.43. The second-order valence-electron chi connectivity index (χ2n) is 9.89. The van der Waals surface area contributed by atoms with Crippen LogP contribution in [0.3, 0.4) is 0 Å². The van der Waals surface area contributed by atoms with E-state index in [9.17, 15) is 45.2 Å². The van der Waals surface area contributed by atoms with Gasteiger partial charge >= 0.3 is 5.69 Å². The van der Waals surface area contributed by atoms with Crippen molar-refractivity contribution >= 4 is 39.9 Å². The molecule has 1 aliphatic heterocycles. The number of rotatable bonds is 11. The smallest absolute Gasteiger partial charge is 0.351 e. The number of hydrogen-bond donors (Lipinski definition) is 7. The number of ketones is 1. The van der Waals surface area contributed by atoms with Gasteiger partial charge in [-0.25, -0.2) is 4.79 Å². The quantitative estimate of drug-likeness (QED) is 0.0663. The molecule has 3 rings (SSSR count). The average Bonchev–Trinajstić information content (AvgIpc) is 3.19. The number of ether oxygens (including phenoxy) is 2. The fourth-order valence-electron chi connectivity index (χ4n) is 4.07. The topological polar surface area (TPSA) is 261 Å². The molecule has 0 spiro atoms. The monoisotopic (exact) mass is 710 g/mol. The molecule has 0 amide bonds. The van der Waals surface area contributed by atoms with Crippen LogP contribution in [0.1, 0.15) is 45.1 Å². The molecule has 16 nitrogen and oxygen atoms in total. The predicted octanol–water partition coefficient (Wildman–Crippen LogP) is -0.631. The lowest BCUT2D eigenvalue weighted by Gasteiger charge is -2.29. The third-order valence-corrected chi connectivity index (χ3v) is 6.88. The summed E-state index contributed by atoms with van der Waals surface area (Å²) < 4.78 is 12.3. The van der Waals surface area contributed by atoms with E-state index in [4.69, 9.17) is 20.3 Å². The molecule has 2 heterocycles. The number of nitrogens with two attached hydrogens (primary N) is 1. The molecule has 0 saturated carbocycles. The van der Waals surface area contributed by atoms with E-state index in [1.165, 1.54) is 31.3 Å². The fourth-order valence-corrected chi connectivity index (χ4v) is 4.55. The van der Waals surface area contributed by atoms with E-state index in [1.807, 2.05) is 22.6 Å². The maximum atomic E-state index is 11.5. The summed E-state index contributed by atoms with van der Waals surface area (Å²) in [6.07, 6.45) is -9.50. The Labute approximate surface area is 253 Å². The molecule has 0 bridgehead atoms. The van der Waals surface area contributed by atoms with E-state index >= 15 is 0 Å². The van der Waals surface area contributed by atoms with Gasteiger partial charge in [-0.1, -0.05) is 13.8 Å². The first kappa shape index (κ1) is 35.6. The molecule has 1 aliphatic rings. The largest absolute Gasteiger partial charge is 0.394 e. The molecule has 1 fully saturated rings. The summed E-state index contributed by atoms with van der Waals surface area (Å²) in [6.45, 7) is 4.29. The lowest BCUT2D eigenvalue weighted by molar-refractivity contribution is -0.386. The van der Waals surface area contributed by atoms with Gasteiger partial charge < -0.3 is 45.8 Å². The summed E-state index contributed by atoms with van der Waals surface area (Å²) in [7, 11) is 0. The molecule has 8 atom stereocenters. The van der Waals surface area contributed by atoms with Gasteiger partial charge in [0.15, 0.2) is 12.5 Å². The Bertz CT molecular complexity index is 1280. The summed E-state index contributed by atoms with van der Waals surface area (Å²) in [4.78, 5) is 36.8. The average molecular weight is 710 g/mol. The second-order valence-corrected chi connectivity index (χ2v) is 11.1. The lowest BCUT2D eigenvalue weighted by atomic mass is 9.97. The van der Waals surface area contributed by atoms with Gasteiger partial charge in [0.05, 0.1) is 29.3 Å². The second kappa shape index (κ2) is 15.7. The summed E-state index contributed by atoms with van der Waals surface area (Å²) in [5, 5.41) is 69.2. The van der Waals surface area contributed by atoms with Gasteiger partial charge in [0.2, 0.25) is 0 Å². The van der Waals surface area contributed by atoms with Gasteiger partial charge in [-0.2, -0.15) is 4.98 Å². The minimum Gasteiger partial charge on any atom is -0.394 e. The van der Waals surface area contributed by atoms with Crippen LogP contribution in [0.15, 0.2) is 35.3 Å². The van der Waals surface area contributed by atoms with Crippen molar-refractivity contribution in [2.75, 3.05) is 12.3 Å². The molecule has 42 heavy (non-hydrogen) atoms. The minimum absolute atomic E-state index is 0.0537. The van der Waals surface area contributed by atoms with Crippen LogP contribution in [-0.4, -0.2) is 94.3 Å². The molecule has 2 aromatic rings. The molecule has 4 unspecified atom stereocenters. The van der Waals surface area contributed by atoms with Crippen molar-refractivity contribution in [1.82, 2.24) is 9.55 Å². The molecular weight excluding hydrogens is 675 g/mol.